The minimum Gasteiger partial charge on any atom is -0.310 e. The van der Waals surface area contributed by atoms with Crippen molar-refractivity contribution in [3.8, 4) is 66.8 Å². The third-order valence-corrected chi connectivity index (χ3v) is 10.2. The van der Waals surface area contributed by atoms with Gasteiger partial charge in [-0.15, -0.1) is 0 Å². The van der Waals surface area contributed by atoms with Crippen LogP contribution in [0.3, 0.4) is 0 Å². The molecule has 0 aromatic heterocycles. The van der Waals surface area contributed by atoms with Gasteiger partial charge in [0.15, 0.2) is 0 Å². The second-order valence-electron chi connectivity index (χ2n) is 13.8. The van der Waals surface area contributed by atoms with Gasteiger partial charge < -0.3 is 4.90 Å². The van der Waals surface area contributed by atoms with Gasteiger partial charge in [0.25, 0.3) is 0 Å². The first kappa shape index (κ1) is 33.6. The molecule has 0 heterocycles. The van der Waals surface area contributed by atoms with Crippen LogP contribution in [0.4, 0.5) is 17.1 Å². The first-order valence-corrected chi connectivity index (χ1v) is 18.8. The van der Waals surface area contributed by atoms with Crippen LogP contribution in [-0.4, -0.2) is 0 Å². The summed E-state index contributed by atoms with van der Waals surface area (Å²) in [7, 11) is 0. The summed E-state index contributed by atoms with van der Waals surface area (Å²) in [5.74, 6) is 0. The first-order valence-electron chi connectivity index (χ1n) is 18.8. The summed E-state index contributed by atoms with van der Waals surface area (Å²) < 4.78 is 0. The molecule has 55 heavy (non-hydrogen) atoms. The average Bonchev–Trinajstić information content (AvgIpc) is 3.28. The Morgan fingerprint density at radius 1 is 0.182 bits per heavy atom. The molecule has 0 spiro atoms. The van der Waals surface area contributed by atoms with Crippen LogP contribution in [0.5, 0.6) is 0 Å². The molecule has 0 radical (unpaired) electrons. The molecule has 1 heteroatoms. The zero-order chi connectivity index (χ0) is 36.8. The van der Waals surface area contributed by atoms with Crippen molar-refractivity contribution < 1.29 is 0 Å². The van der Waals surface area contributed by atoms with Crippen molar-refractivity contribution >= 4 is 17.1 Å². The highest BCUT2D eigenvalue weighted by Crippen LogP contribution is 2.42. The van der Waals surface area contributed by atoms with E-state index in [4.69, 9.17) is 0 Å². The Labute approximate surface area is 324 Å². The van der Waals surface area contributed by atoms with Crippen molar-refractivity contribution in [1.29, 1.82) is 0 Å². The largest absolute Gasteiger partial charge is 0.310 e. The van der Waals surface area contributed by atoms with E-state index in [0.717, 1.165) is 17.1 Å². The topological polar surface area (TPSA) is 3.24 Å². The van der Waals surface area contributed by atoms with Gasteiger partial charge in [0.1, 0.15) is 0 Å². The Bertz CT molecular complexity index is 2590. The molecule has 0 saturated carbocycles. The van der Waals surface area contributed by atoms with E-state index in [2.05, 4.69) is 241 Å². The van der Waals surface area contributed by atoms with Crippen molar-refractivity contribution in [1.82, 2.24) is 0 Å². The molecule has 9 aromatic rings. The van der Waals surface area contributed by atoms with Gasteiger partial charge in [0, 0.05) is 17.1 Å². The predicted molar refractivity (Wildman–Crippen MR) is 234 cm³/mol. The summed E-state index contributed by atoms with van der Waals surface area (Å²) in [6, 6.07) is 85.1. The van der Waals surface area contributed by atoms with E-state index in [9.17, 15) is 0 Å². The van der Waals surface area contributed by atoms with E-state index >= 15 is 0 Å². The summed E-state index contributed by atoms with van der Waals surface area (Å²) in [5, 5.41) is 0. The molecule has 0 bridgehead atoms. The second kappa shape index (κ2) is 15.4. The minimum atomic E-state index is 1.08. The van der Waals surface area contributed by atoms with Crippen molar-refractivity contribution in [3.63, 3.8) is 0 Å². The Morgan fingerprint density at radius 3 is 1.07 bits per heavy atom. The molecule has 0 unspecified atom stereocenters. The molecule has 0 amide bonds. The van der Waals surface area contributed by atoms with Gasteiger partial charge in [-0.2, -0.15) is 0 Å². The van der Waals surface area contributed by atoms with Gasteiger partial charge in [-0.1, -0.05) is 188 Å². The maximum atomic E-state index is 2.39. The number of rotatable bonds is 9. The summed E-state index contributed by atoms with van der Waals surface area (Å²) in [6.07, 6.45) is 0. The lowest BCUT2D eigenvalue weighted by Gasteiger charge is -2.27. The van der Waals surface area contributed by atoms with E-state index in [1.165, 1.54) is 66.8 Å². The Morgan fingerprint density at radius 2 is 0.564 bits per heavy atom. The number of nitrogens with zero attached hydrogens (tertiary/aromatic N) is 1. The third-order valence-electron chi connectivity index (χ3n) is 10.2. The molecule has 0 saturated heterocycles. The number of hydrogen-bond donors (Lipinski definition) is 0. The predicted octanol–water partition coefficient (Wildman–Crippen LogP) is 15.2. The molecule has 260 valence electrons. The van der Waals surface area contributed by atoms with Gasteiger partial charge >= 0.3 is 0 Å². The highest BCUT2D eigenvalue weighted by molar-refractivity contribution is 5.90. The van der Waals surface area contributed by atoms with Gasteiger partial charge in [-0.3, -0.25) is 0 Å². The zero-order valence-electron chi connectivity index (χ0n) is 30.5. The second-order valence-corrected chi connectivity index (χ2v) is 13.8. The molecule has 0 aliphatic rings. The fourth-order valence-electron chi connectivity index (χ4n) is 7.49. The van der Waals surface area contributed by atoms with E-state index in [-0.39, 0.29) is 0 Å². The molecular formula is C54H39N. The smallest absolute Gasteiger partial charge is 0.0473 e. The van der Waals surface area contributed by atoms with Crippen LogP contribution < -0.4 is 4.90 Å². The van der Waals surface area contributed by atoms with Crippen LogP contribution in [0.1, 0.15) is 0 Å². The zero-order valence-corrected chi connectivity index (χ0v) is 30.5. The average molecular weight is 702 g/mol. The van der Waals surface area contributed by atoms with Gasteiger partial charge in [-0.25, -0.2) is 0 Å². The maximum absolute atomic E-state index is 2.39. The summed E-state index contributed by atoms with van der Waals surface area (Å²) >= 11 is 0. The Kier molecular flexibility index (Phi) is 9.41. The quantitative estimate of drug-likeness (QED) is 0.145. The summed E-state index contributed by atoms with van der Waals surface area (Å²) in [6.45, 7) is 0. The standard InChI is InChI=1S/C54H39N/c1-6-17-40(18-7-1)46-27-16-28-51(36-46)55(52-37-48(42-21-10-3-11-22-42)35-49(38-52)43-23-12-4-13-24-43)50-32-29-45(30-33-50)53-34-31-47(41-19-8-2-9-20-41)39-54(53)44-25-14-5-15-26-44/h1-39H. The first-order chi connectivity index (χ1) is 27.3. The van der Waals surface area contributed by atoms with Crippen molar-refractivity contribution in [2.45, 2.75) is 0 Å². The SMILES string of the molecule is c1ccc(-c2cccc(N(c3ccc(-c4ccc(-c5ccccc5)cc4-c4ccccc4)cc3)c3cc(-c4ccccc4)cc(-c4ccccc4)c3)c2)cc1. The van der Waals surface area contributed by atoms with Crippen LogP contribution in [0.2, 0.25) is 0 Å². The molecule has 9 rings (SSSR count). The van der Waals surface area contributed by atoms with Gasteiger partial charge in [-0.05, 0) is 115 Å². The van der Waals surface area contributed by atoms with E-state index < -0.39 is 0 Å². The van der Waals surface area contributed by atoms with E-state index in [1.54, 1.807) is 0 Å². The monoisotopic (exact) mass is 701 g/mol. The van der Waals surface area contributed by atoms with Crippen LogP contribution in [0.15, 0.2) is 237 Å². The molecule has 0 aliphatic carbocycles. The third kappa shape index (κ3) is 7.25. The maximum Gasteiger partial charge on any atom is 0.0473 e. The molecular weight excluding hydrogens is 663 g/mol. The van der Waals surface area contributed by atoms with Gasteiger partial charge in [0.05, 0.1) is 0 Å². The lowest BCUT2D eigenvalue weighted by atomic mass is 9.91. The summed E-state index contributed by atoms with van der Waals surface area (Å²) in [4.78, 5) is 2.39. The van der Waals surface area contributed by atoms with E-state index in [1.807, 2.05) is 0 Å². The summed E-state index contributed by atoms with van der Waals surface area (Å²) in [5.41, 5.74) is 17.5. The van der Waals surface area contributed by atoms with Crippen molar-refractivity contribution in [2.75, 3.05) is 4.90 Å². The fourth-order valence-corrected chi connectivity index (χ4v) is 7.49. The van der Waals surface area contributed by atoms with Crippen LogP contribution >= 0.6 is 0 Å². The molecule has 0 atom stereocenters. The number of anilines is 3. The van der Waals surface area contributed by atoms with Crippen molar-refractivity contribution in [2.24, 2.45) is 0 Å². The van der Waals surface area contributed by atoms with Crippen LogP contribution in [0.25, 0.3) is 66.8 Å². The van der Waals surface area contributed by atoms with Crippen molar-refractivity contribution in [3.05, 3.63) is 237 Å². The lowest BCUT2D eigenvalue weighted by Crippen LogP contribution is -2.10. The normalized spacial score (nSPS) is 10.9. The molecule has 9 aromatic carbocycles. The highest BCUT2D eigenvalue weighted by atomic mass is 15.1. The molecule has 0 fully saturated rings. The highest BCUT2D eigenvalue weighted by Gasteiger charge is 2.18. The number of benzene rings is 9. The Hall–Kier alpha value is -7.22. The van der Waals surface area contributed by atoms with E-state index in [0.29, 0.717) is 0 Å². The minimum absolute atomic E-state index is 1.08. The van der Waals surface area contributed by atoms with Gasteiger partial charge in [0.2, 0.25) is 0 Å². The molecule has 0 aliphatic heterocycles. The fraction of sp³-hybridized carbons (Fsp3) is 0. The lowest BCUT2D eigenvalue weighted by molar-refractivity contribution is 1.28. The van der Waals surface area contributed by atoms with Crippen LogP contribution in [-0.2, 0) is 0 Å². The number of hydrogen-bond acceptors (Lipinski definition) is 1. The Balaban J connectivity index is 1.20. The molecule has 0 N–H and O–H groups in total. The van der Waals surface area contributed by atoms with Crippen LogP contribution in [0, 0.1) is 0 Å². The molecule has 1 nitrogen and oxygen atoms in total.